The minimum Gasteiger partial charge on any atom is -0.489 e. The smallest absolute Gasteiger partial charge is 0.416 e. The van der Waals surface area contributed by atoms with Crippen LogP contribution >= 0.6 is 0 Å². The van der Waals surface area contributed by atoms with Gasteiger partial charge in [0.15, 0.2) is 0 Å². The van der Waals surface area contributed by atoms with E-state index in [1.807, 2.05) is 0 Å². The zero-order chi connectivity index (χ0) is 18.0. The van der Waals surface area contributed by atoms with E-state index in [9.17, 15) is 18.0 Å². The maximum absolute atomic E-state index is 12.6. The van der Waals surface area contributed by atoms with Crippen LogP contribution in [0.3, 0.4) is 0 Å². The molecule has 1 saturated heterocycles. The standard InChI is InChI=1S/C17H22F3NO3/c1-16(2,3)24-15(22)21-10-4-5-14(11-21)23-13-8-6-12(7-9-13)17(18,19)20/h6-9,14H,4-5,10-11H2,1-3H3/t14-/m0/s1. The fourth-order valence-electron chi connectivity index (χ4n) is 2.44. The molecule has 0 aliphatic carbocycles. The van der Waals surface area contributed by atoms with Crippen LogP contribution in [-0.4, -0.2) is 35.8 Å². The Morgan fingerprint density at radius 3 is 2.33 bits per heavy atom. The average molecular weight is 345 g/mol. The molecule has 1 atom stereocenters. The van der Waals surface area contributed by atoms with E-state index < -0.39 is 23.4 Å². The van der Waals surface area contributed by atoms with Gasteiger partial charge in [0.1, 0.15) is 17.5 Å². The molecule has 1 fully saturated rings. The molecular weight excluding hydrogens is 323 g/mol. The second-order valence-corrected chi connectivity index (χ2v) is 6.83. The SMILES string of the molecule is CC(C)(C)OC(=O)N1CCC[C@H](Oc2ccc(C(F)(F)F)cc2)C1. The summed E-state index contributed by atoms with van der Waals surface area (Å²) >= 11 is 0. The predicted octanol–water partition coefficient (Wildman–Crippen LogP) is 4.48. The molecule has 1 aliphatic rings. The normalized spacial score (nSPS) is 19.1. The number of benzene rings is 1. The first-order chi connectivity index (χ1) is 11.0. The van der Waals surface area contributed by atoms with E-state index >= 15 is 0 Å². The molecule has 0 bridgehead atoms. The number of hydrogen-bond donors (Lipinski definition) is 0. The first-order valence-electron chi connectivity index (χ1n) is 7.86. The molecule has 24 heavy (non-hydrogen) atoms. The number of hydrogen-bond acceptors (Lipinski definition) is 3. The monoisotopic (exact) mass is 345 g/mol. The van der Waals surface area contributed by atoms with Gasteiger partial charge in [0.05, 0.1) is 12.1 Å². The van der Waals surface area contributed by atoms with E-state index in [-0.39, 0.29) is 6.10 Å². The van der Waals surface area contributed by atoms with Gasteiger partial charge in [-0.3, -0.25) is 0 Å². The fraction of sp³-hybridized carbons (Fsp3) is 0.588. The lowest BCUT2D eigenvalue weighted by atomic mass is 10.1. The molecule has 0 saturated carbocycles. The second kappa shape index (κ2) is 6.91. The van der Waals surface area contributed by atoms with Crippen LogP contribution in [0.2, 0.25) is 0 Å². The lowest BCUT2D eigenvalue weighted by molar-refractivity contribution is -0.137. The molecule has 134 valence electrons. The van der Waals surface area contributed by atoms with Gasteiger partial charge in [-0.15, -0.1) is 0 Å². The van der Waals surface area contributed by atoms with E-state index in [2.05, 4.69) is 0 Å². The van der Waals surface area contributed by atoms with Crippen molar-refractivity contribution in [1.82, 2.24) is 4.90 Å². The van der Waals surface area contributed by atoms with Crippen molar-refractivity contribution in [3.63, 3.8) is 0 Å². The first-order valence-corrected chi connectivity index (χ1v) is 7.86. The molecule has 0 aromatic heterocycles. The van der Waals surface area contributed by atoms with Crippen LogP contribution in [-0.2, 0) is 10.9 Å². The zero-order valence-corrected chi connectivity index (χ0v) is 14.0. The summed E-state index contributed by atoms with van der Waals surface area (Å²) in [6.07, 6.45) is -3.53. The largest absolute Gasteiger partial charge is 0.489 e. The van der Waals surface area contributed by atoms with Crippen molar-refractivity contribution in [3.8, 4) is 5.75 Å². The number of halogens is 3. The number of carbonyl (C=O) groups is 1. The molecular formula is C17H22F3NO3. The van der Waals surface area contributed by atoms with Gasteiger partial charge in [0.25, 0.3) is 0 Å². The molecule has 0 spiro atoms. The molecule has 1 aromatic rings. The van der Waals surface area contributed by atoms with E-state index in [1.54, 1.807) is 25.7 Å². The number of carbonyl (C=O) groups excluding carboxylic acids is 1. The zero-order valence-electron chi connectivity index (χ0n) is 14.0. The van der Waals surface area contributed by atoms with Crippen molar-refractivity contribution in [2.45, 2.75) is 51.5 Å². The van der Waals surface area contributed by atoms with Crippen LogP contribution in [0, 0.1) is 0 Å². The van der Waals surface area contributed by atoms with Crippen molar-refractivity contribution in [2.24, 2.45) is 0 Å². The van der Waals surface area contributed by atoms with Gasteiger partial charge in [0.2, 0.25) is 0 Å². The highest BCUT2D eigenvalue weighted by Crippen LogP contribution is 2.30. The number of piperidine rings is 1. The lowest BCUT2D eigenvalue weighted by Gasteiger charge is -2.34. The third-order valence-electron chi connectivity index (χ3n) is 3.51. The minimum absolute atomic E-state index is 0.261. The first kappa shape index (κ1) is 18.4. The fourth-order valence-corrected chi connectivity index (χ4v) is 2.44. The van der Waals surface area contributed by atoms with Gasteiger partial charge < -0.3 is 14.4 Å². The van der Waals surface area contributed by atoms with Gasteiger partial charge >= 0.3 is 12.3 Å². The van der Waals surface area contributed by atoms with Gasteiger partial charge in [-0.1, -0.05) is 0 Å². The third-order valence-corrected chi connectivity index (χ3v) is 3.51. The van der Waals surface area contributed by atoms with Crippen molar-refractivity contribution >= 4 is 6.09 Å². The van der Waals surface area contributed by atoms with E-state index in [0.717, 1.165) is 25.0 Å². The summed E-state index contributed by atoms with van der Waals surface area (Å²) in [4.78, 5) is 13.7. The van der Waals surface area contributed by atoms with Crippen LogP contribution in [0.25, 0.3) is 0 Å². The summed E-state index contributed by atoms with van der Waals surface area (Å²) in [7, 11) is 0. The molecule has 1 aliphatic heterocycles. The van der Waals surface area contributed by atoms with Crippen molar-refractivity contribution < 1.29 is 27.4 Å². The number of amides is 1. The van der Waals surface area contributed by atoms with E-state index in [0.29, 0.717) is 18.8 Å². The summed E-state index contributed by atoms with van der Waals surface area (Å²) in [5.41, 5.74) is -1.29. The van der Waals surface area contributed by atoms with E-state index in [4.69, 9.17) is 9.47 Å². The summed E-state index contributed by atoms with van der Waals surface area (Å²) in [6, 6.07) is 4.58. The van der Waals surface area contributed by atoms with Crippen molar-refractivity contribution in [1.29, 1.82) is 0 Å². The molecule has 0 N–H and O–H groups in total. The maximum atomic E-state index is 12.6. The van der Waals surface area contributed by atoms with Gasteiger partial charge in [-0.2, -0.15) is 13.2 Å². The van der Waals surface area contributed by atoms with Crippen LogP contribution in [0.4, 0.5) is 18.0 Å². The Bertz CT molecular complexity index is 564. The Kier molecular flexibility index (Phi) is 5.30. The van der Waals surface area contributed by atoms with E-state index in [1.165, 1.54) is 12.1 Å². The summed E-state index contributed by atoms with van der Waals surface area (Å²) in [6.45, 7) is 6.33. The van der Waals surface area contributed by atoms with Crippen LogP contribution in [0.1, 0.15) is 39.2 Å². The highest BCUT2D eigenvalue weighted by Gasteiger charge is 2.31. The molecule has 0 radical (unpaired) electrons. The summed E-state index contributed by atoms with van der Waals surface area (Å²) < 4.78 is 48.7. The Morgan fingerprint density at radius 1 is 1.17 bits per heavy atom. The highest BCUT2D eigenvalue weighted by atomic mass is 19.4. The molecule has 1 amide bonds. The number of ether oxygens (including phenoxy) is 2. The number of rotatable bonds is 2. The molecule has 1 aromatic carbocycles. The van der Waals surface area contributed by atoms with Crippen LogP contribution in [0.15, 0.2) is 24.3 Å². The Hall–Kier alpha value is -1.92. The van der Waals surface area contributed by atoms with Crippen LogP contribution in [0.5, 0.6) is 5.75 Å². The van der Waals surface area contributed by atoms with Gasteiger partial charge in [-0.05, 0) is 57.9 Å². The Morgan fingerprint density at radius 2 is 1.79 bits per heavy atom. The summed E-state index contributed by atoms with van der Waals surface area (Å²) in [5, 5.41) is 0. The van der Waals surface area contributed by atoms with Crippen molar-refractivity contribution in [2.75, 3.05) is 13.1 Å². The number of likely N-dealkylation sites (tertiary alicyclic amines) is 1. The van der Waals surface area contributed by atoms with Gasteiger partial charge in [-0.25, -0.2) is 4.79 Å². The number of nitrogens with zero attached hydrogens (tertiary/aromatic N) is 1. The average Bonchev–Trinajstić information content (AvgIpc) is 2.45. The van der Waals surface area contributed by atoms with Gasteiger partial charge in [0, 0.05) is 6.54 Å². The molecule has 4 nitrogen and oxygen atoms in total. The topological polar surface area (TPSA) is 38.8 Å². The van der Waals surface area contributed by atoms with Crippen molar-refractivity contribution in [3.05, 3.63) is 29.8 Å². The second-order valence-electron chi connectivity index (χ2n) is 6.83. The van der Waals surface area contributed by atoms with Crippen LogP contribution < -0.4 is 4.74 Å². The Labute approximate surface area is 139 Å². The third kappa shape index (κ3) is 5.32. The Balaban J connectivity index is 1.94. The highest BCUT2D eigenvalue weighted by molar-refractivity contribution is 5.68. The minimum atomic E-state index is -4.36. The maximum Gasteiger partial charge on any atom is 0.416 e. The molecule has 0 unspecified atom stereocenters. The number of alkyl halides is 3. The predicted molar refractivity (Wildman–Crippen MR) is 82.9 cm³/mol. The summed E-state index contributed by atoms with van der Waals surface area (Å²) in [5.74, 6) is 0.360. The lowest BCUT2D eigenvalue weighted by Crippen LogP contribution is -2.46. The molecule has 7 heteroatoms. The quantitative estimate of drug-likeness (QED) is 0.793. The molecule has 1 heterocycles. The molecule has 2 rings (SSSR count).